The lowest BCUT2D eigenvalue weighted by Crippen LogP contribution is -2.23. The van der Waals surface area contributed by atoms with Gasteiger partial charge in [-0.2, -0.15) is 0 Å². The fraction of sp³-hybridized carbons (Fsp3) is 0.800. The van der Waals surface area contributed by atoms with Crippen molar-refractivity contribution >= 4 is 11.3 Å². The van der Waals surface area contributed by atoms with Crippen LogP contribution in [0.15, 0.2) is 0 Å². The van der Waals surface area contributed by atoms with E-state index >= 15 is 0 Å². The fourth-order valence-corrected chi connectivity index (χ4v) is 3.80. The molecule has 1 aliphatic carbocycles. The van der Waals surface area contributed by atoms with Crippen LogP contribution in [-0.2, 0) is 11.8 Å². The number of aryl methyl sites for hydroxylation is 1. The van der Waals surface area contributed by atoms with Crippen molar-refractivity contribution in [2.24, 2.45) is 5.41 Å². The van der Waals surface area contributed by atoms with Crippen LogP contribution in [0, 0.1) is 5.41 Å². The smallest absolute Gasteiger partial charge is 0.0984 e. The van der Waals surface area contributed by atoms with E-state index in [0.29, 0.717) is 11.3 Å². The molecule has 1 atom stereocenters. The van der Waals surface area contributed by atoms with Gasteiger partial charge in [0, 0.05) is 16.2 Å². The second-order valence-electron chi connectivity index (χ2n) is 7.39. The van der Waals surface area contributed by atoms with Crippen molar-refractivity contribution in [3.8, 4) is 0 Å². The van der Waals surface area contributed by atoms with Gasteiger partial charge in [-0.15, -0.1) is 11.3 Å². The van der Waals surface area contributed by atoms with Crippen molar-refractivity contribution in [3.63, 3.8) is 0 Å². The Labute approximate surface area is 110 Å². The molecule has 0 fully saturated rings. The lowest BCUT2D eigenvalue weighted by molar-refractivity contribution is 0.285. The van der Waals surface area contributed by atoms with E-state index in [9.17, 15) is 0 Å². The summed E-state index contributed by atoms with van der Waals surface area (Å²) >= 11 is 1.95. The monoisotopic (exact) mass is 251 g/mol. The standard InChI is InChI=1S/C15H25NS/c1-14(2,3)10-8-7-9-11-12(10)16-13(17-11)15(4,5)6/h10H,7-9H2,1-6H3. The Bertz CT molecular complexity index is 404. The minimum Gasteiger partial charge on any atom is -0.245 e. The van der Waals surface area contributed by atoms with Crippen molar-refractivity contribution in [2.45, 2.75) is 72.1 Å². The summed E-state index contributed by atoms with van der Waals surface area (Å²) in [6.45, 7) is 13.9. The lowest BCUT2D eigenvalue weighted by Gasteiger charge is -2.33. The Morgan fingerprint density at radius 2 is 1.76 bits per heavy atom. The summed E-state index contributed by atoms with van der Waals surface area (Å²) in [5.41, 5.74) is 1.96. The van der Waals surface area contributed by atoms with Crippen molar-refractivity contribution in [2.75, 3.05) is 0 Å². The zero-order chi connectivity index (χ0) is 12.8. The molecule has 0 saturated carbocycles. The first kappa shape index (κ1) is 13.1. The second-order valence-corrected chi connectivity index (χ2v) is 8.47. The highest BCUT2D eigenvalue weighted by atomic mass is 32.1. The fourth-order valence-electron chi connectivity index (χ4n) is 2.58. The molecule has 0 aromatic carbocycles. The van der Waals surface area contributed by atoms with Crippen LogP contribution in [-0.4, -0.2) is 4.98 Å². The zero-order valence-corrected chi connectivity index (χ0v) is 12.9. The van der Waals surface area contributed by atoms with E-state index in [1.807, 2.05) is 11.3 Å². The molecule has 0 bridgehead atoms. The van der Waals surface area contributed by atoms with Crippen LogP contribution in [0.4, 0.5) is 0 Å². The predicted molar refractivity (Wildman–Crippen MR) is 75.9 cm³/mol. The van der Waals surface area contributed by atoms with Gasteiger partial charge in [-0.05, 0) is 24.7 Å². The molecule has 1 aromatic rings. The van der Waals surface area contributed by atoms with Gasteiger partial charge in [-0.3, -0.25) is 0 Å². The van der Waals surface area contributed by atoms with E-state index in [1.165, 1.54) is 30.0 Å². The molecule has 1 heterocycles. The Hall–Kier alpha value is -0.370. The molecule has 1 nitrogen and oxygen atoms in total. The van der Waals surface area contributed by atoms with Gasteiger partial charge in [0.25, 0.3) is 0 Å². The molecule has 0 aliphatic heterocycles. The van der Waals surface area contributed by atoms with Gasteiger partial charge in [0.1, 0.15) is 0 Å². The van der Waals surface area contributed by atoms with E-state index in [1.54, 1.807) is 4.88 Å². The van der Waals surface area contributed by atoms with Crippen molar-refractivity contribution < 1.29 is 0 Å². The largest absolute Gasteiger partial charge is 0.245 e. The molecule has 0 spiro atoms. The number of nitrogens with zero attached hydrogens (tertiary/aromatic N) is 1. The molecule has 0 amide bonds. The van der Waals surface area contributed by atoms with Crippen LogP contribution in [0.25, 0.3) is 0 Å². The highest BCUT2D eigenvalue weighted by Crippen LogP contribution is 2.45. The highest BCUT2D eigenvalue weighted by Gasteiger charge is 2.34. The highest BCUT2D eigenvalue weighted by molar-refractivity contribution is 7.11. The van der Waals surface area contributed by atoms with E-state index in [-0.39, 0.29) is 5.41 Å². The molecular formula is C15H25NS. The molecule has 0 saturated heterocycles. The van der Waals surface area contributed by atoms with Gasteiger partial charge in [0.05, 0.1) is 10.7 Å². The molecule has 2 rings (SSSR count). The minimum atomic E-state index is 0.199. The summed E-state index contributed by atoms with van der Waals surface area (Å²) in [5.74, 6) is 0.651. The Morgan fingerprint density at radius 3 is 2.29 bits per heavy atom. The molecule has 17 heavy (non-hydrogen) atoms. The molecule has 1 aliphatic rings. The van der Waals surface area contributed by atoms with Gasteiger partial charge < -0.3 is 0 Å². The van der Waals surface area contributed by atoms with Gasteiger partial charge >= 0.3 is 0 Å². The van der Waals surface area contributed by atoms with Gasteiger partial charge in [-0.1, -0.05) is 41.5 Å². The average Bonchev–Trinajstić information content (AvgIpc) is 2.57. The van der Waals surface area contributed by atoms with Gasteiger partial charge in [0.2, 0.25) is 0 Å². The van der Waals surface area contributed by atoms with Crippen LogP contribution in [0.2, 0.25) is 0 Å². The quantitative estimate of drug-likeness (QED) is 0.638. The number of thiazole rings is 1. The molecule has 1 aromatic heterocycles. The summed E-state index contributed by atoms with van der Waals surface area (Å²) in [6, 6.07) is 0. The second kappa shape index (κ2) is 4.08. The number of hydrogen-bond acceptors (Lipinski definition) is 2. The van der Waals surface area contributed by atoms with Crippen LogP contribution < -0.4 is 0 Å². The third kappa shape index (κ3) is 2.57. The topological polar surface area (TPSA) is 12.9 Å². The maximum absolute atomic E-state index is 4.99. The van der Waals surface area contributed by atoms with E-state index in [0.717, 1.165) is 0 Å². The molecular weight excluding hydrogens is 226 g/mol. The van der Waals surface area contributed by atoms with Crippen LogP contribution >= 0.6 is 11.3 Å². The summed E-state index contributed by atoms with van der Waals surface area (Å²) in [6.07, 6.45) is 3.89. The maximum Gasteiger partial charge on any atom is 0.0984 e. The lowest BCUT2D eigenvalue weighted by atomic mass is 9.73. The summed E-state index contributed by atoms with van der Waals surface area (Å²) in [7, 11) is 0. The minimum absolute atomic E-state index is 0.199. The third-order valence-electron chi connectivity index (χ3n) is 3.64. The first-order valence-electron chi connectivity index (χ1n) is 6.69. The van der Waals surface area contributed by atoms with E-state index in [2.05, 4.69) is 41.5 Å². The van der Waals surface area contributed by atoms with Crippen molar-refractivity contribution in [1.29, 1.82) is 0 Å². The molecule has 0 radical (unpaired) electrons. The van der Waals surface area contributed by atoms with Crippen molar-refractivity contribution in [3.05, 3.63) is 15.6 Å². The average molecular weight is 251 g/mol. The predicted octanol–water partition coefficient (Wildman–Crippen LogP) is 4.91. The van der Waals surface area contributed by atoms with Crippen LogP contribution in [0.3, 0.4) is 0 Å². The Kier molecular flexibility index (Phi) is 3.14. The normalized spacial score (nSPS) is 21.4. The van der Waals surface area contributed by atoms with Gasteiger partial charge in [-0.25, -0.2) is 4.98 Å². The number of rotatable bonds is 0. The van der Waals surface area contributed by atoms with Crippen LogP contribution in [0.1, 0.15) is 75.9 Å². The SMILES string of the molecule is CC(C)(C)c1nc2c(s1)CCCC2C(C)(C)C. The first-order valence-corrected chi connectivity index (χ1v) is 7.51. The molecule has 96 valence electrons. The maximum atomic E-state index is 4.99. The number of hydrogen-bond donors (Lipinski definition) is 0. The first-order chi connectivity index (χ1) is 7.69. The Balaban J connectivity index is 2.42. The van der Waals surface area contributed by atoms with Crippen molar-refractivity contribution in [1.82, 2.24) is 4.98 Å². The number of aromatic nitrogens is 1. The zero-order valence-electron chi connectivity index (χ0n) is 12.1. The van der Waals surface area contributed by atoms with E-state index < -0.39 is 0 Å². The molecule has 1 unspecified atom stereocenters. The van der Waals surface area contributed by atoms with E-state index in [4.69, 9.17) is 4.98 Å². The summed E-state index contributed by atoms with van der Waals surface area (Å²) in [5, 5.41) is 1.32. The molecule has 2 heteroatoms. The van der Waals surface area contributed by atoms with Crippen LogP contribution in [0.5, 0.6) is 0 Å². The Morgan fingerprint density at radius 1 is 1.12 bits per heavy atom. The summed E-state index contributed by atoms with van der Waals surface area (Å²) in [4.78, 5) is 6.55. The third-order valence-corrected chi connectivity index (χ3v) is 5.20. The van der Waals surface area contributed by atoms with Gasteiger partial charge in [0.15, 0.2) is 0 Å². The summed E-state index contributed by atoms with van der Waals surface area (Å²) < 4.78 is 0. The number of fused-ring (bicyclic) bond motifs is 1. The molecule has 0 N–H and O–H groups in total.